The fourth-order valence-corrected chi connectivity index (χ4v) is 4.74. The lowest BCUT2D eigenvalue weighted by Crippen LogP contribution is -2.19. The molecule has 7 nitrogen and oxygen atoms in total. The van der Waals surface area contributed by atoms with Gasteiger partial charge in [-0.1, -0.05) is 39.1 Å². The first-order valence-electron chi connectivity index (χ1n) is 7.62. The zero-order valence-electron chi connectivity index (χ0n) is 13.1. The molecule has 4 rings (SSSR count). The Hall–Kier alpha value is -1.55. The van der Waals surface area contributed by atoms with Crippen LogP contribution in [0.3, 0.4) is 0 Å². The van der Waals surface area contributed by atoms with E-state index in [0.717, 1.165) is 4.47 Å². The van der Waals surface area contributed by atoms with Gasteiger partial charge in [-0.2, -0.15) is 5.10 Å². The molecule has 0 spiro atoms. The normalized spacial score (nSPS) is 14.6. The van der Waals surface area contributed by atoms with Gasteiger partial charge in [0.25, 0.3) is 0 Å². The number of rotatable bonds is 5. The van der Waals surface area contributed by atoms with Crippen LogP contribution in [-0.4, -0.2) is 28.3 Å². The van der Waals surface area contributed by atoms with Crippen LogP contribution in [0.2, 0.25) is 10.2 Å². The second-order valence-corrected chi connectivity index (χ2v) is 9.46. The minimum absolute atomic E-state index is 0.105. The third kappa shape index (κ3) is 3.36. The summed E-state index contributed by atoms with van der Waals surface area (Å²) in [4.78, 5) is 4.35. The number of fused-ring (bicyclic) bond motifs is 1. The number of aromatic nitrogens is 3. The van der Waals surface area contributed by atoms with Gasteiger partial charge in [0.05, 0.1) is 22.2 Å². The summed E-state index contributed by atoms with van der Waals surface area (Å²) in [6.07, 6.45) is 2.81. The summed E-state index contributed by atoms with van der Waals surface area (Å²) in [6, 6.07) is 6.90. The van der Waals surface area contributed by atoms with E-state index in [1.165, 1.54) is 10.7 Å². The maximum atomic E-state index is 12.4. The van der Waals surface area contributed by atoms with Gasteiger partial charge in [0, 0.05) is 10.5 Å². The molecule has 3 aromatic rings. The fraction of sp³-hybridized carbons (Fsp3) is 0.200. The predicted octanol–water partition coefficient (Wildman–Crippen LogP) is 4.45. The maximum Gasteiger partial charge on any atom is 0.236 e. The van der Waals surface area contributed by atoms with Crippen molar-refractivity contribution in [3.8, 4) is 0 Å². The lowest BCUT2D eigenvalue weighted by atomic mass is 10.3. The lowest BCUT2D eigenvalue weighted by Gasteiger charge is -2.16. The highest BCUT2D eigenvalue weighted by Gasteiger charge is 2.36. The van der Waals surface area contributed by atoms with E-state index in [9.17, 15) is 8.42 Å². The topological polar surface area (TPSA) is 88.4 Å². The number of sulfonamides is 1. The van der Waals surface area contributed by atoms with Crippen molar-refractivity contribution in [2.24, 2.45) is 0 Å². The Bertz CT molecular complexity index is 1110. The molecule has 0 radical (unpaired) electrons. The van der Waals surface area contributed by atoms with Gasteiger partial charge in [0.15, 0.2) is 16.6 Å². The Labute approximate surface area is 167 Å². The summed E-state index contributed by atoms with van der Waals surface area (Å²) >= 11 is 16.1. The minimum Gasteiger partial charge on any atom is -0.349 e. The van der Waals surface area contributed by atoms with Crippen molar-refractivity contribution in [2.45, 2.75) is 18.1 Å². The summed E-state index contributed by atoms with van der Waals surface area (Å²) in [5, 5.41) is 7.40. The Morgan fingerprint density at radius 2 is 2.00 bits per heavy atom. The Kier molecular flexibility index (Phi) is 4.50. The van der Waals surface area contributed by atoms with Crippen LogP contribution in [0.25, 0.3) is 5.65 Å². The van der Waals surface area contributed by atoms with Crippen molar-refractivity contribution < 1.29 is 8.42 Å². The van der Waals surface area contributed by atoms with Crippen LogP contribution in [0.1, 0.15) is 12.8 Å². The smallest absolute Gasteiger partial charge is 0.236 e. The highest BCUT2D eigenvalue weighted by Crippen LogP contribution is 2.37. The number of nitrogens with zero attached hydrogens (tertiary/aromatic N) is 3. The van der Waals surface area contributed by atoms with Gasteiger partial charge in [0.1, 0.15) is 5.69 Å². The molecule has 26 heavy (non-hydrogen) atoms. The molecule has 1 aliphatic carbocycles. The van der Waals surface area contributed by atoms with Gasteiger partial charge < -0.3 is 5.32 Å². The van der Waals surface area contributed by atoms with Gasteiger partial charge >= 0.3 is 0 Å². The molecule has 1 saturated carbocycles. The number of anilines is 3. The SMILES string of the molecule is O=S(=O)(Nc1nc2ccnn2c(Cl)c1Nc1ccc(Br)cc1Cl)C1CC1. The van der Waals surface area contributed by atoms with Crippen LogP contribution in [-0.2, 0) is 10.0 Å². The molecule has 2 N–H and O–H groups in total. The molecular weight excluding hydrogens is 465 g/mol. The molecule has 1 aliphatic rings. The summed E-state index contributed by atoms with van der Waals surface area (Å²) in [7, 11) is -3.52. The van der Waals surface area contributed by atoms with Crippen molar-refractivity contribution in [3.63, 3.8) is 0 Å². The van der Waals surface area contributed by atoms with E-state index in [2.05, 4.69) is 36.1 Å². The van der Waals surface area contributed by atoms with Crippen molar-refractivity contribution in [3.05, 3.63) is 45.1 Å². The molecule has 0 aliphatic heterocycles. The molecule has 2 aromatic heterocycles. The van der Waals surface area contributed by atoms with E-state index in [0.29, 0.717) is 29.2 Å². The molecule has 136 valence electrons. The predicted molar refractivity (Wildman–Crippen MR) is 106 cm³/mol. The molecule has 0 unspecified atom stereocenters. The van der Waals surface area contributed by atoms with E-state index < -0.39 is 15.3 Å². The highest BCUT2D eigenvalue weighted by atomic mass is 79.9. The molecule has 0 bridgehead atoms. The first kappa shape index (κ1) is 17.8. The molecule has 0 amide bonds. The molecule has 0 atom stereocenters. The van der Waals surface area contributed by atoms with Crippen molar-refractivity contribution in [1.82, 2.24) is 14.6 Å². The molecule has 2 heterocycles. The van der Waals surface area contributed by atoms with Crippen LogP contribution in [0.5, 0.6) is 0 Å². The number of halogens is 3. The van der Waals surface area contributed by atoms with E-state index >= 15 is 0 Å². The lowest BCUT2D eigenvalue weighted by molar-refractivity contribution is 0.600. The summed E-state index contributed by atoms with van der Waals surface area (Å²) in [5.74, 6) is 0.105. The average Bonchev–Trinajstić information content (AvgIpc) is 3.33. The average molecular weight is 477 g/mol. The zero-order valence-corrected chi connectivity index (χ0v) is 17.0. The second-order valence-electron chi connectivity index (χ2n) is 5.82. The fourth-order valence-electron chi connectivity index (χ4n) is 2.41. The second kappa shape index (κ2) is 6.56. The van der Waals surface area contributed by atoms with Crippen LogP contribution in [0, 0.1) is 0 Å². The largest absolute Gasteiger partial charge is 0.349 e. The quantitative estimate of drug-likeness (QED) is 0.531. The van der Waals surface area contributed by atoms with Gasteiger partial charge in [-0.15, -0.1) is 0 Å². The third-order valence-electron chi connectivity index (χ3n) is 3.87. The minimum atomic E-state index is -3.52. The summed E-state index contributed by atoms with van der Waals surface area (Å²) < 4.78 is 29.5. The van der Waals surface area contributed by atoms with Crippen LogP contribution in [0.15, 0.2) is 34.9 Å². The highest BCUT2D eigenvalue weighted by molar-refractivity contribution is 9.10. The Morgan fingerprint density at radius 3 is 2.69 bits per heavy atom. The van der Waals surface area contributed by atoms with Gasteiger partial charge in [-0.25, -0.2) is 17.9 Å². The molecule has 0 saturated heterocycles. The Balaban J connectivity index is 1.82. The van der Waals surface area contributed by atoms with Crippen LogP contribution < -0.4 is 10.0 Å². The van der Waals surface area contributed by atoms with E-state index in [4.69, 9.17) is 23.2 Å². The van der Waals surface area contributed by atoms with Crippen molar-refractivity contribution in [1.29, 1.82) is 0 Å². The van der Waals surface area contributed by atoms with E-state index in [1.54, 1.807) is 24.3 Å². The van der Waals surface area contributed by atoms with Crippen LogP contribution >= 0.6 is 39.1 Å². The van der Waals surface area contributed by atoms with Gasteiger partial charge in [-0.05, 0) is 31.0 Å². The summed E-state index contributed by atoms with van der Waals surface area (Å²) in [5.41, 5.74) is 1.25. The molecule has 1 fully saturated rings. The van der Waals surface area contributed by atoms with Crippen molar-refractivity contribution >= 4 is 72.0 Å². The maximum absolute atomic E-state index is 12.4. The monoisotopic (exact) mass is 475 g/mol. The third-order valence-corrected chi connectivity index (χ3v) is 6.85. The molecule has 1 aromatic carbocycles. The van der Waals surface area contributed by atoms with Gasteiger partial charge in [0.2, 0.25) is 10.0 Å². The summed E-state index contributed by atoms with van der Waals surface area (Å²) in [6.45, 7) is 0. The number of hydrogen-bond acceptors (Lipinski definition) is 5. The van der Waals surface area contributed by atoms with Crippen LogP contribution in [0.4, 0.5) is 17.2 Å². The van der Waals surface area contributed by atoms with E-state index in [-0.39, 0.29) is 16.7 Å². The first-order chi connectivity index (χ1) is 12.3. The number of benzene rings is 1. The Morgan fingerprint density at radius 1 is 1.23 bits per heavy atom. The van der Waals surface area contributed by atoms with Crippen molar-refractivity contribution in [2.75, 3.05) is 10.0 Å². The number of nitrogens with one attached hydrogen (secondary N) is 2. The standard InChI is InChI=1S/C15H12BrCl2N5O2S/c16-8-1-4-11(10(17)7-8)20-13-14(18)23-12(5-6-19-23)21-15(13)22-26(24,25)9-2-3-9/h1,4-7,9,20H,2-3H2,(H,21,22). The number of hydrogen-bond donors (Lipinski definition) is 2. The van der Waals surface area contributed by atoms with Gasteiger partial charge in [-0.3, -0.25) is 4.72 Å². The van der Waals surface area contributed by atoms with E-state index in [1.807, 2.05) is 0 Å². The molecule has 11 heteroatoms. The first-order valence-corrected chi connectivity index (χ1v) is 10.7. The molecular formula is C15H12BrCl2N5O2S. The zero-order chi connectivity index (χ0) is 18.5.